The monoisotopic (exact) mass is 393 g/mol. The van der Waals surface area contributed by atoms with E-state index in [4.69, 9.17) is 5.73 Å². The zero-order chi connectivity index (χ0) is 16.9. The van der Waals surface area contributed by atoms with Gasteiger partial charge in [0, 0.05) is 36.1 Å². The van der Waals surface area contributed by atoms with Gasteiger partial charge in [-0.2, -0.15) is 0 Å². The van der Waals surface area contributed by atoms with Crippen LogP contribution >= 0.6 is 15.9 Å². The van der Waals surface area contributed by atoms with Gasteiger partial charge >= 0.3 is 0 Å². The molecule has 0 unspecified atom stereocenters. The van der Waals surface area contributed by atoms with Crippen molar-refractivity contribution in [3.63, 3.8) is 0 Å². The minimum Gasteiger partial charge on any atom is -0.353 e. The average Bonchev–Trinajstić information content (AvgIpc) is 3.07. The summed E-state index contributed by atoms with van der Waals surface area (Å²) in [5.74, 6) is 0.785. The lowest BCUT2D eigenvalue weighted by Gasteiger charge is -2.33. The molecule has 1 saturated heterocycles. The highest BCUT2D eigenvalue weighted by atomic mass is 79.9. The van der Waals surface area contributed by atoms with Crippen molar-refractivity contribution in [1.82, 2.24) is 10.2 Å². The number of carbonyl (C=O) groups excluding carboxylic acids is 1. The first-order chi connectivity index (χ1) is 11.7. The van der Waals surface area contributed by atoms with Gasteiger partial charge in [-0.05, 0) is 55.8 Å². The number of piperidine rings is 1. The predicted octanol–water partition coefficient (Wildman–Crippen LogP) is 2.90. The fourth-order valence-corrected chi connectivity index (χ4v) is 4.32. The highest BCUT2D eigenvalue weighted by Gasteiger charge is 2.33. The molecule has 3 N–H and O–H groups in total. The molecule has 0 spiro atoms. The van der Waals surface area contributed by atoms with Crippen LogP contribution in [0.3, 0.4) is 0 Å². The predicted molar refractivity (Wildman–Crippen MR) is 100 cm³/mol. The molecule has 5 heteroatoms. The lowest BCUT2D eigenvalue weighted by molar-refractivity contribution is -0.127. The Morgan fingerprint density at radius 2 is 1.88 bits per heavy atom. The summed E-state index contributed by atoms with van der Waals surface area (Å²) in [5.41, 5.74) is 7.15. The summed E-state index contributed by atoms with van der Waals surface area (Å²) in [6, 6.07) is 8.86. The topological polar surface area (TPSA) is 58.4 Å². The van der Waals surface area contributed by atoms with E-state index in [1.807, 2.05) is 0 Å². The first kappa shape index (κ1) is 17.9. The Morgan fingerprint density at radius 3 is 2.54 bits per heavy atom. The van der Waals surface area contributed by atoms with Gasteiger partial charge in [0.1, 0.15) is 0 Å². The molecule has 1 heterocycles. The fraction of sp³-hybridized carbons (Fsp3) is 0.632. The van der Waals surface area contributed by atoms with Crippen LogP contribution in [0.5, 0.6) is 0 Å². The molecule has 0 aromatic heterocycles. The van der Waals surface area contributed by atoms with E-state index in [2.05, 4.69) is 50.4 Å². The number of halogens is 1. The summed E-state index contributed by atoms with van der Waals surface area (Å²) in [6.07, 6.45) is 5.35. The second kappa shape index (κ2) is 8.45. The molecule has 2 fully saturated rings. The van der Waals surface area contributed by atoms with Crippen molar-refractivity contribution in [3.05, 3.63) is 34.3 Å². The van der Waals surface area contributed by atoms with Crippen LogP contribution in [-0.4, -0.2) is 36.5 Å². The molecule has 1 aliphatic carbocycles. The molecule has 1 aromatic carbocycles. The number of carbonyl (C=O) groups is 1. The molecule has 1 saturated carbocycles. The first-order valence-electron chi connectivity index (χ1n) is 9.13. The highest BCUT2D eigenvalue weighted by Crippen LogP contribution is 2.31. The molecule has 24 heavy (non-hydrogen) atoms. The summed E-state index contributed by atoms with van der Waals surface area (Å²) in [6.45, 7) is 3.73. The number of rotatable bonds is 5. The lowest BCUT2D eigenvalue weighted by Crippen LogP contribution is -2.47. The van der Waals surface area contributed by atoms with Crippen LogP contribution < -0.4 is 11.1 Å². The number of nitrogens with one attached hydrogen (secondary N) is 1. The summed E-state index contributed by atoms with van der Waals surface area (Å²) < 4.78 is 1.12. The number of benzene rings is 1. The largest absolute Gasteiger partial charge is 0.353 e. The van der Waals surface area contributed by atoms with Crippen LogP contribution in [0.1, 0.15) is 37.7 Å². The summed E-state index contributed by atoms with van der Waals surface area (Å²) in [5, 5.41) is 3.29. The molecule has 2 aliphatic rings. The zero-order valence-electron chi connectivity index (χ0n) is 14.2. The normalized spacial score (nSPS) is 25.8. The van der Waals surface area contributed by atoms with E-state index in [1.54, 1.807) is 0 Å². The number of amides is 1. The summed E-state index contributed by atoms with van der Waals surface area (Å²) in [4.78, 5) is 15.0. The van der Waals surface area contributed by atoms with Gasteiger partial charge in [-0.1, -0.05) is 34.5 Å². The smallest absolute Gasteiger partial charge is 0.223 e. The van der Waals surface area contributed by atoms with Gasteiger partial charge in [0.2, 0.25) is 5.91 Å². The quantitative estimate of drug-likeness (QED) is 0.808. The van der Waals surface area contributed by atoms with Crippen molar-refractivity contribution in [2.75, 3.05) is 19.6 Å². The van der Waals surface area contributed by atoms with Crippen LogP contribution in [0.25, 0.3) is 0 Å². The van der Waals surface area contributed by atoms with E-state index in [0.717, 1.165) is 56.2 Å². The SMILES string of the molecule is NC[C@H]1CCC[C@H]1C(=O)NC1CCN(Cc2ccc(Br)cc2)CC1. The molecular weight excluding hydrogens is 366 g/mol. The van der Waals surface area contributed by atoms with Crippen LogP contribution in [-0.2, 0) is 11.3 Å². The minimum atomic E-state index is 0.149. The Bertz CT molecular complexity index is 540. The number of hydrogen-bond acceptors (Lipinski definition) is 3. The van der Waals surface area contributed by atoms with Gasteiger partial charge < -0.3 is 11.1 Å². The third-order valence-corrected chi connectivity index (χ3v) is 6.08. The van der Waals surface area contributed by atoms with Crippen molar-refractivity contribution in [1.29, 1.82) is 0 Å². The maximum absolute atomic E-state index is 12.5. The van der Waals surface area contributed by atoms with E-state index in [9.17, 15) is 4.79 Å². The molecule has 132 valence electrons. The second-order valence-corrected chi connectivity index (χ2v) is 8.13. The van der Waals surface area contributed by atoms with Crippen molar-refractivity contribution in [3.8, 4) is 0 Å². The summed E-state index contributed by atoms with van der Waals surface area (Å²) in [7, 11) is 0. The van der Waals surface area contributed by atoms with Gasteiger partial charge in [0.15, 0.2) is 0 Å². The fourth-order valence-electron chi connectivity index (χ4n) is 4.06. The molecule has 2 atom stereocenters. The summed E-state index contributed by atoms with van der Waals surface area (Å²) >= 11 is 3.48. The van der Waals surface area contributed by atoms with Gasteiger partial charge in [-0.3, -0.25) is 9.69 Å². The van der Waals surface area contributed by atoms with Gasteiger partial charge in [0.05, 0.1) is 0 Å². The van der Waals surface area contributed by atoms with Gasteiger partial charge in [-0.25, -0.2) is 0 Å². The van der Waals surface area contributed by atoms with Gasteiger partial charge in [0.25, 0.3) is 0 Å². The minimum absolute atomic E-state index is 0.149. The number of likely N-dealkylation sites (tertiary alicyclic amines) is 1. The van der Waals surface area contributed by atoms with Crippen LogP contribution in [0, 0.1) is 11.8 Å². The molecule has 0 bridgehead atoms. The Labute approximate surface area is 153 Å². The Hall–Kier alpha value is -0.910. The molecule has 1 aromatic rings. The maximum Gasteiger partial charge on any atom is 0.223 e. The van der Waals surface area contributed by atoms with E-state index in [-0.39, 0.29) is 11.8 Å². The molecule has 3 rings (SSSR count). The van der Waals surface area contributed by atoms with Crippen molar-refractivity contribution >= 4 is 21.8 Å². The molecular formula is C19H28BrN3O. The Kier molecular flexibility index (Phi) is 6.31. The number of hydrogen-bond donors (Lipinski definition) is 2. The van der Waals surface area contributed by atoms with Crippen molar-refractivity contribution in [2.24, 2.45) is 17.6 Å². The highest BCUT2D eigenvalue weighted by molar-refractivity contribution is 9.10. The lowest BCUT2D eigenvalue weighted by atomic mass is 9.94. The third-order valence-electron chi connectivity index (χ3n) is 5.55. The standard InChI is InChI=1S/C19H28BrN3O/c20-16-6-4-14(5-7-16)13-23-10-8-17(9-11-23)22-19(24)18-3-1-2-15(18)12-21/h4-7,15,17-18H,1-3,8-13,21H2,(H,22,24)/t15-,18-/m1/s1. The van der Waals surface area contributed by atoms with E-state index in [0.29, 0.717) is 18.5 Å². The molecule has 0 radical (unpaired) electrons. The Balaban J connectivity index is 1.43. The number of nitrogens with two attached hydrogens (primary N) is 1. The van der Waals surface area contributed by atoms with E-state index < -0.39 is 0 Å². The molecule has 1 amide bonds. The Morgan fingerprint density at radius 1 is 1.17 bits per heavy atom. The van der Waals surface area contributed by atoms with E-state index >= 15 is 0 Å². The number of nitrogens with zero attached hydrogens (tertiary/aromatic N) is 1. The molecule has 1 aliphatic heterocycles. The third kappa shape index (κ3) is 4.58. The van der Waals surface area contributed by atoms with Crippen LogP contribution in [0.2, 0.25) is 0 Å². The maximum atomic E-state index is 12.5. The molecule has 4 nitrogen and oxygen atoms in total. The van der Waals surface area contributed by atoms with Crippen molar-refractivity contribution < 1.29 is 4.79 Å². The zero-order valence-corrected chi connectivity index (χ0v) is 15.8. The average molecular weight is 394 g/mol. The van der Waals surface area contributed by atoms with Crippen molar-refractivity contribution in [2.45, 2.75) is 44.7 Å². The second-order valence-electron chi connectivity index (χ2n) is 7.22. The van der Waals surface area contributed by atoms with E-state index in [1.165, 1.54) is 5.56 Å². The van der Waals surface area contributed by atoms with Crippen LogP contribution in [0.4, 0.5) is 0 Å². The van der Waals surface area contributed by atoms with Gasteiger partial charge in [-0.15, -0.1) is 0 Å². The first-order valence-corrected chi connectivity index (χ1v) is 9.92. The van der Waals surface area contributed by atoms with Crippen LogP contribution in [0.15, 0.2) is 28.7 Å².